The van der Waals surface area contributed by atoms with Crippen LogP contribution in [0.25, 0.3) is 0 Å². The third-order valence-corrected chi connectivity index (χ3v) is 3.24. The number of para-hydroxylation sites is 1. The van der Waals surface area contributed by atoms with Crippen molar-refractivity contribution in [3.05, 3.63) is 29.8 Å². The van der Waals surface area contributed by atoms with Crippen LogP contribution in [0.4, 0.5) is 0 Å². The van der Waals surface area contributed by atoms with Crippen molar-refractivity contribution >= 4 is 0 Å². The van der Waals surface area contributed by atoms with Crippen molar-refractivity contribution < 1.29 is 4.74 Å². The van der Waals surface area contributed by atoms with Crippen molar-refractivity contribution in [1.82, 2.24) is 5.32 Å². The number of rotatable bonds is 0. The van der Waals surface area contributed by atoms with E-state index in [1.54, 1.807) is 0 Å². The molecule has 0 saturated carbocycles. The van der Waals surface area contributed by atoms with Crippen molar-refractivity contribution in [3.63, 3.8) is 0 Å². The van der Waals surface area contributed by atoms with Gasteiger partial charge in [0.25, 0.3) is 0 Å². The first kappa shape index (κ1) is 8.30. The second kappa shape index (κ2) is 2.99. The zero-order chi connectivity index (χ0) is 9.43. The van der Waals surface area contributed by atoms with Crippen molar-refractivity contribution in [2.24, 2.45) is 0 Å². The minimum Gasteiger partial charge on any atom is -0.485 e. The minimum absolute atomic E-state index is 0.0714. The van der Waals surface area contributed by atoms with Crippen LogP contribution in [0, 0.1) is 0 Å². The average molecular weight is 189 g/mol. The maximum absolute atomic E-state index is 6.07. The van der Waals surface area contributed by atoms with Gasteiger partial charge in [-0.25, -0.2) is 0 Å². The van der Waals surface area contributed by atoms with Crippen LogP contribution < -0.4 is 10.1 Å². The fraction of sp³-hybridized carbons (Fsp3) is 0.500. The summed E-state index contributed by atoms with van der Waals surface area (Å²) in [4.78, 5) is 0. The Hall–Kier alpha value is -1.02. The first-order valence-electron chi connectivity index (χ1n) is 5.36. The predicted octanol–water partition coefficient (Wildman–Crippen LogP) is 1.74. The van der Waals surface area contributed by atoms with Crippen LogP contribution in [0.5, 0.6) is 5.75 Å². The van der Waals surface area contributed by atoms with Crippen LogP contribution >= 0.6 is 0 Å². The Bertz CT molecular complexity index is 315. The molecule has 3 rings (SSSR count). The molecule has 2 aliphatic heterocycles. The van der Waals surface area contributed by atoms with Crippen LogP contribution in [-0.4, -0.2) is 18.7 Å². The van der Waals surface area contributed by atoms with E-state index in [0.717, 1.165) is 25.3 Å². The molecule has 1 fully saturated rings. The van der Waals surface area contributed by atoms with E-state index in [1.165, 1.54) is 18.4 Å². The molecule has 0 radical (unpaired) electrons. The lowest BCUT2D eigenvalue weighted by Crippen LogP contribution is -2.49. The third kappa shape index (κ3) is 1.22. The maximum atomic E-state index is 6.07. The summed E-state index contributed by atoms with van der Waals surface area (Å²) in [7, 11) is 0. The SMILES string of the molecule is c1ccc2c(c1)CC1(CCCNC1)O2. The molecule has 2 aliphatic rings. The second-order valence-corrected chi connectivity index (χ2v) is 4.35. The summed E-state index contributed by atoms with van der Waals surface area (Å²) in [6, 6.07) is 8.41. The Balaban J connectivity index is 1.89. The molecule has 0 aromatic heterocycles. The lowest BCUT2D eigenvalue weighted by molar-refractivity contribution is 0.0660. The van der Waals surface area contributed by atoms with E-state index in [4.69, 9.17) is 4.74 Å². The van der Waals surface area contributed by atoms with Gasteiger partial charge in [0.1, 0.15) is 11.4 Å². The number of fused-ring (bicyclic) bond motifs is 1. The van der Waals surface area contributed by atoms with E-state index in [-0.39, 0.29) is 5.60 Å². The van der Waals surface area contributed by atoms with Gasteiger partial charge in [-0.2, -0.15) is 0 Å². The number of hydrogen-bond acceptors (Lipinski definition) is 2. The predicted molar refractivity (Wildman–Crippen MR) is 55.6 cm³/mol. The van der Waals surface area contributed by atoms with Gasteiger partial charge in [0.2, 0.25) is 0 Å². The highest BCUT2D eigenvalue weighted by molar-refractivity contribution is 5.39. The Morgan fingerprint density at radius 3 is 3.00 bits per heavy atom. The number of piperidine rings is 1. The molecule has 74 valence electrons. The first-order chi connectivity index (χ1) is 6.88. The number of nitrogens with one attached hydrogen (secondary N) is 1. The van der Waals surface area contributed by atoms with Crippen molar-refractivity contribution in [1.29, 1.82) is 0 Å². The molecule has 1 saturated heterocycles. The molecular formula is C12H15NO. The Morgan fingerprint density at radius 2 is 2.21 bits per heavy atom. The van der Waals surface area contributed by atoms with Crippen LogP contribution in [0.1, 0.15) is 18.4 Å². The quantitative estimate of drug-likeness (QED) is 0.671. The molecule has 2 heteroatoms. The monoisotopic (exact) mass is 189 g/mol. The zero-order valence-electron chi connectivity index (χ0n) is 8.25. The van der Waals surface area contributed by atoms with Gasteiger partial charge >= 0.3 is 0 Å². The number of benzene rings is 1. The molecule has 0 bridgehead atoms. The standard InChI is InChI=1S/C12H15NO/c1-2-5-11-10(4-1)8-12(14-11)6-3-7-13-9-12/h1-2,4-5,13H,3,6-9H2. The van der Waals surface area contributed by atoms with E-state index in [0.29, 0.717) is 0 Å². The molecule has 0 amide bonds. The smallest absolute Gasteiger partial charge is 0.126 e. The average Bonchev–Trinajstić information content (AvgIpc) is 2.56. The summed E-state index contributed by atoms with van der Waals surface area (Å²) in [6.45, 7) is 2.14. The van der Waals surface area contributed by atoms with Gasteiger partial charge in [-0.1, -0.05) is 18.2 Å². The molecule has 0 aliphatic carbocycles. The van der Waals surface area contributed by atoms with E-state index in [1.807, 2.05) is 6.07 Å². The topological polar surface area (TPSA) is 21.3 Å². The van der Waals surface area contributed by atoms with Crippen LogP contribution in [-0.2, 0) is 6.42 Å². The Kier molecular flexibility index (Phi) is 1.77. The van der Waals surface area contributed by atoms with Gasteiger partial charge in [-0.15, -0.1) is 0 Å². The zero-order valence-corrected chi connectivity index (χ0v) is 8.25. The van der Waals surface area contributed by atoms with Gasteiger partial charge in [-0.05, 0) is 31.0 Å². The van der Waals surface area contributed by atoms with E-state index in [9.17, 15) is 0 Å². The van der Waals surface area contributed by atoms with E-state index in [2.05, 4.69) is 23.5 Å². The number of ether oxygens (including phenoxy) is 1. The summed E-state index contributed by atoms with van der Waals surface area (Å²) in [5.74, 6) is 1.09. The minimum atomic E-state index is 0.0714. The first-order valence-corrected chi connectivity index (χ1v) is 5.36. The van der Waals surface area contributed by atoms with Crippen molar-refractivity contribution in [2.45, 2.75) is 24.9 Å². The molecule has 1 aromatic carbocycles. The van der Waals surface area contributed by atoms with Crippen molar-refractivity contribution in [3.8, 4) is 5.75 Å². The van der Waals surface area contributed by atoms with E-state index < -0.39 is 0 Å². The molecule has 1 atom stereocenters. The Labute approximate surface area is 84.3 Å². The highest BCUT2D eigenvalue weighted by Crippen LogP contribution is 2.38. The summed E-state index contributed by atoms with van der Waals surface area (Å²) >= 11 is 0. The lowest BCUT2D eigenvalue weighted by Gasteiger charge is -2.33. The second-order valence-electron chi connectivity index (χ2n) is 4.35. The summed E-state index contributed by atoms with van der Waals surface area (Å²) in [6.07, 6.45) is 3.50. The van der Waals surface area contributed by atoms with Crippen molar-refractivity contribution in [2.75, 3.05) is 13.1 Å². The van der Waals surface area contributed by atoms with Gasteiger partial charge in [0.05, 0.1) is 0 Å². The maximum Gasteiger partial charge on any atom is 0.126 e. The van der Waals surface area contributed by atoms with Crippen LogP contribution in [0.2, 0.25) is 0 Å². The highest BCUT2D eigenvalue weighted by atomic mass is 16.5. The number of hydrogen-bond donors (Lipinski definition) is 1. The lowest BCUT2D eigenvalue weighted by atomic mass is 9.89. The van der Waals surface area contributed by atoms with E-state index >= 15 is 0 Å². The summed E-state index contributed by atoms with van der Waals surface area (Å²) < 4.78 is 6.07. The third-order valence-electron chi connectivity index (χ3n) is 3.24. The summed E-state index contributed by atoms with van der Waals surface area (Å²) in [5, 5.41) is 3.43. The summed E-state index contributed by atoms with van der Waals surface area (Å²) in [5.41, 5.74) is 1.44. The normalized spacial score (nSPS) is 30.0. The molecule has 1 spiro atoms. The van der Waals surface area contributed by atoms with Gasteiger partial charge in [0.15, 0.2) is 0 Å². The largest absolute Gasteiger partial charge is 0.485 e. The van der Waals surface area contributed by atoms with Gasteiger partial charge < -0.3 is 10.1 Å². The molecular weight excluding hydrogens is 174 g/mol. The van der Waals surface area contributed by atoms with Crippen LogP contribution in [0.3, 0.4) is 0 Å². The van der Waals surface area contributed by atoms with Crippen LogP contribution in [0.15, 0.2) is 24.3 Å². The highest BCUT2D eigenvalue weighted by Gasteiger charge is 2.39. The Morgan fingerprint density at radius 1 is 1.29 bits per heavy atom. The molecule has 2 heterocycles. The fourth-order valence-electron chi connectivity index (χ4n) is 2.54. The van der Waals surface area contributed by atoms with Gasteiger partial charge in [-0.3, -0.25) is 0 Å². The molecule has 1 unspecified atom stereocenters. The molecule has 1 aromatic rings. The molecule has 1 N–H and O–H groups in total. The molecule has 14 heavy (non-hydrogen) atoms. The fourth-order valence-corrected chi connectivity index (χ4v) is 2.54. The van der Waals surface area contributed by atoms with Gasteiger partial charge in [0, 0.05) is 13.0 Å². The molecule has 2 nitrogen and oxygen atoms in total.